The number of hydrogen-bond acceptors (Lipinski definition) is 9. The molecule has 1 amide bonds. The Morgan fingerprint density at radius 3 is 2.17 bits per heavy atom. The van der Waals surface area contributed by atoms with Gasteiger partial charge in [0.1, 0.15) is 17.2 Å². The largest absolute Gasteiger partial charge is 0.497 e. The normalized spacial score (nSPS) is 16.5. The minimum Gasteiger partial charge on any atom is -0.497 e. The van der Waals surface area contributed by atoms with Crippen molar-refractivity contribution in [3.63, 3.8) is 0 Å². The van der Waals surface area contributed by atoms with Crippen LogP contribution < -0.4 is 14.2 Å². The molecule has 2 aliphatic rings. The van der Waals surface area contributed by atoms with Crippen molar-refractivity contribution in [1.29, 1.82) is 5.41 Å². The summed E-state index contributed by atoms with van der Waals surface area (Å²) >= 11 is 0.774. The molecule has 36 heavy (non-hydrogen) atoms. The number of sulfone groups is 1. The third kappa shape index (κ3) is 5.77. The number of thioether (sulfide) groups is 1. The third-order valence-corrected chi connectivity index (χ3v) is 8.25. The molecule has 0 saturated carbocycles. The number of carbonyl (C=O) groups is 1. The second-order valence-corrected chi connectivity index (χ2v) is 11.0. The molecular weight excluding hydrogens is 504 g/mol. The van der Waals surface area contributed by atoms with Crippen molar-refractivity contribution in [2.45, 2.75) is 13.3 Å². The van der Waals surface area contributed by atoms with Crippen molar-refractivity contribution in [2.24, 2.45) is 10.1 Å². The lowest BCUT2D eigenvalue weighted by atomic mass is 10.1. The lowest BCUT2D eigenvalue weighted by molar-refractivity contribution is -0.114. The van der Waals surface area contributed by atoms with Gasteiger partial charge in [0, 0.05) is 6.42 Å². The van der Waals surface area contributed by atoms with Crippen molar-refractivity contribution >= 4 is 49.0 Å². The molecule has 0 fully saturated rings. The van der Waals surface area contributed by atoms with Gasteiger partial charge in [0.25, 0.3) is 5.91 Å². The zero-order valence-corrected chi connectivity index (χ0v) is 21.3. The molecule has 0 aromatic heterocycles. The van der Waals surface area contributed by atoms with Crippen LogP contribution in [0.2, 0.25) is 0 Å². The number of benzene rings is 2. The topological polar surface area (TPSA) is 131 Å². The molecule has 2 aliphatic heterocycles. The number of fused-ring (bicyclic) bond motifs is 1. The molecule has 0 atom stereocenters. The first kappa shape index (κ1) is 25.5. The van der Waals surface area contributed by atoms with E-state index < -0.39 is 15.7 Å². The van der Waals surface area contributed by atoms with Crippen molar-refractivity contribution in [3.8, 4) is 17.2 Å². The summed E-state index contributed by atoms with van der Waals surface area (Å²) in [5.74, 6) is 1.20. The van der Waals surface area contributed by atoms with Crippen LogP contribution in [0.3, 0.4) is 0 Å². The zero-order chi connectivity index (χ0) is 25.7. The number of hydrazone groups is 1. The molecule has 2 heterocycles. The Morgan fingerprint density at radius 1 is 1.00 bits per heavy atom. The molecular formula is C24H24N4O6S2. The standard InChI is InChI=1S/C24H24N4O6S2/c1-3-36(30,31)24-27-28-21(25)20(22(29)26-23(28)35-24)15-16-5-7-18(8-6-16)33-13-4-14-34-19-11-9-17(32-2)10-12-19/h5-12,15,25H,3-4,13-14H2,1-2H3/b20-15-,25-21?. The molecule has 0 spiro atoms. The maximum atomic E-state index is 12.5. The van der Waals surface area contributed by atoms with E-state index in [1.54, 1.807) is 31.4 Å². The van der Waals surface area contributed by atoms with Crippen LogP contribution in [-0.4, -0.2) is 60.8 Å². The molecule has 2 aromatic rings. The van der Waals surface area contributed by atoms with Gasteiger partial charge in [0.2, 0.25) is 19.4 Å². The van der Waals surface area contributed by atoms with Crippen molar-refractivity contribution in [2.75, 3.05) is 26.1 Å². The summed E-state index contributed by atoms with van der Waals surface area (Å²) in [7, 11) is -1.96. The Hall–Kier alpha value is -3.64. The summed E-state index contributed by atoms with van der Waals surface area (Å²) in [4.78, 5) is 16.4. The van der Waals surface area contributed by atoms with Gasteiger partial charge in [-0.1, -0.05) is 19.1 Å². The average molecular weight is 529 g/mol. The van der Waals surface area contributed by atoms with Crippen LogP contribution in [0.5, 0.6) is 17.2 Å². The number of methoxy groups -OCH3 is 1. The molecule has 0 aliphatic carbocycles. The molecule has 0 bridgehead atoms. The Kier molecular flexibility index (Phi) is 7.75. The number of rotatable bonds is 9. The highest BCUT2D eigenvalue weighted by Crippen LogP contribution is 2.30. The predicted octanol–water partition coefficient (Wildman–Crippen LogP) is 3.55. The fourth-order valence-corrected chi connectivity index (χ4v) is 5.33. The fourth-order valence-electron chi connectivity index (χ4n) is 3.16. The number of amides is 1. The summed E-state index contributed by atoms with van der Waals surface area (Å²) in [5, 5.41) is 13.5. The summed E-state index contributed by atoms with van der Waals surface area (Å²) in [6.07, 6.45) is 2.21. The van der Waals surface area contributed by atoms with E-state index in [4.69, 9.17) is 19.6 Å². The maximum absolute atomic E-state index is 12.5. The van der Waals surface area contributed by atoms with Gasteiger partial charge in [-0.05, 0) is 59.8 Å². The zero-order valence-electron chi connectivity index (χ0n) is 19.6. The van der Waals surface area contributed by atoms with E-state index in [0.29, 0.717) is 30.9 Å². The number of nitrogens with one attached hydrogen (secondary N) is 1. The first-order valence-electron chi connectivity index (χ1n) is 11.0. The number of carbonyl (C=O) groups excluding carboxylic acids is 1. The minimum atomic E-state index is -3.57. The first-order chi connectivity index (χ1) is 17.3. The fraction of sp³-hybridized carbons (Fsp3) is 0.250. The molecule has 0 saturated heterocycles. The number of nitrogens with zero attached hydrogens (tertiary/aromatic N) is 3. The quantitative estimate of drug-likeness (QED) is 0.386. The van der Waals surface area contributed by atoms with Crippen LogP contribution in [0.15, 0.2) is 64.2 Å². The summed E-state index contributed by atoms with van der Waals surface area (Å²) in [6.45, 7) is 2.47. The Morgan fingerprint density at radius 2 is 1.58 bits per heavy atom. The number of amidine groups is 2. The van der Waals surface area contributed by atoms with Crippen molar-refractivity contribution in [3.05, 3.63) is 59.7 Å². The summed E-state index contributed by atoms with van der Waals surface area (Å²) in [5.41, 5.74) is 0.678. The first-order valence-corrected chi connectivity index (χ1v) is 13.5. The highest BCUT2D eigenvalue weighted by Gasteiger charge is 2.39. The minimum absolute atomic E-state index is 0.0163. The van der Waals surface area contributed by atoms with Gasteiger partial charge in [-0.15, -0.1) is 5.10 Å². The van der Waals surface area contributed by atoms with Crippen molar-refractivity contribution in [1.82, 2.24) is 5.01 Å². The monoisotopic (exact) mass is 528 g/mol. The molecule has 1 N–H and O–H groups in total. The maximum Gasteiger partial charge on any atom is 0.283 e. The average Bonchev–Trinajstić information content (AvgIpc) is 3.33. The van der Waals surface area contributed by atoms with Gasteiger partial charge in [-0.25, -0.2) is 8.42 Å². The van der Waals surface area contributed by atoms with Gasteiger partial charge in [0.15, 0.2) is 5.84 Å². The lowest BCUT2D eigenvalue weighted by Crippen LogP contribution is -2.35. The molecule has 10 nitrogen and oxygen atoms in total. The van der Waals surface area contributed by atoms with Gasteiger partial charge in [-0.3, -0.25) is 10.2 Å². The van der Waals surface area contributed by atoms with Crippen LogP contribution >= 0.6 is 11.8 Å². The van der Waals surface area contributed by atoms with E-state index in [0.717, 1.165) is 28.3 Å². The third-order valence-electron chi connectivity index (χ3n) is 5.16. The van der Waals surface area contributed by atoms with Gasteiger partial charge < -0.3 is 14.2 Å². The molecule has 4 rings (SSSR count). The van der Waals surface area contributed by atoms with Gasteiger partial charge in [-0.2, -0.15) is 10.0 Å². The molecule has 0 unspecified atom stereocenters. The van der Waals surface area contributed by atoms with Crippen LogP contribution in [0.1, 0.15) is 18.9 Å². The Bertz CT molecular complexity index is 1350. The second-order valence-electron chi connectivity index (χ2n) is 7.58. The Balaban J connectivity index is 1.32. The summed E-state index contributed by atoms with van der Waals surface area (Å²) in [6, 6.07) is 14.4. The van der Waals surface area contributed by atoms with E-state index in [1.807, 2.05) is 24.3 Å². The second kappa shape index (κ2) is 11.0. The van der Waals surface area contributed by atoms with E-state index in [1.165, 1.54) is 13.0 Å². The molecule has 2 aromatic carbocycles. The summed E-state index contributed by atoms with van der Waals surface area (Å²) < 4.78 is 40.6. The number of ether oxygens (including phenoxy) is 3. The van der Waals surface area contributed by atoms with E-state index in [2.05, 4.69) is 10.1 Å². The van der Waals surface area contributed by atoms with Crippen LogP contribution in [-0.2, 0) is 14.6 Å². The number of aliphatic imine (C=N–C) groups is 1. The predicted molar refractivity (Wildman–Crippen MR) is 140 cm³/mol. The van der Waals surface area contributed by atoms with E-state index in [9.17, 15) is 13.2 Å². The van der Waals surface area contributed by atoms with E-state index in [-0.39, 0.29) is 26.7 Å². The van der Waals surface area contributed by atoms with E-state index >= 15 is 0 Å². The SMILES string of the molecule is CCS(=O)(=O)C1=NN2C(=N)/C(=C/c3ccc(OCCCOc4ccc(OC)cc4)cc3)C(=O)N=C2S1. The Labute approximate surface area is 213 Å². The molecule has 12 heteroatoms. The van der Waals surface area contributed by atoms with Gasteiger partial charge >= 0.3 is 0 Å². The van der Waals surface area contributed by atoms with Crippen molar-refractivity contribution < 1.29 is 27.4 Å². The van der Waals surface area contributed by atoms with Crippen LogP contribution in [0.25, 0.3) is 6.08 Å². The lowest BCUT2D eigenvalue weighted by Gasteiger charge is -2.20. The number of hydrogen-bond donors (Lipinski definition) is 1. The van der Waals surface area contributed by atoms with Gasteiger partial charge in [0.05, 0.1) is 31.6 Å². The van der Waals surface area contributed by atoms with Crippen LogP contribution in [0.4, 0.5) is 0 Å². The smallest absolute Gasteiger partial charge is 0.283 e. The molecule has 188 valence electrons. The highest BCUT2D eigenvalue weighted by atomic mass is 32.3. The highest BCUT2D eigenvalue weighted by molar-refractivity contribution is 8.42. The molecule has 0 radical (unpaired) electrons. The van der Waals surface area contributed by atoms with Crippen LogP contribution in [0, 0.1) is 5.41 Å².